The predicted molar refractivity (Wildman–Crippen MR) is 71.4 cm³/mol. The monoisotopic (exact) mass is 270 g/mol. The van der Waals surface area contributed by atoms with Gasteiger partial charge in [0.2, 0.25) is 0 Å². The maximum Gasteiger partial charge on any atom is 0.169 e. The van der Waals surface area contributed by atoms with Gasteiger partial charge in [0.1, 0.15) is 0 Å². The van der Waals surface area contributed by atoms with Crippen molar-refractivity contribution in [2.45, 2.75) is 31.3 Å². The van der Waals surface area contributed by atoms with E-state index in [0.29, 0.717) is 12.1 Å². The van der Waals surface area contributed by atoms with Gasteiger partial charge in [-0.05, 0) is 19.3 Å². The van der Waals surface area contributed by atoms with Crippen molar-refractivity contribution >= 4 is 23.7 Å². The van der Waals surface area contributed by atoms with E-state index in [9.17, 15) is 0 Å². The summed E-state index contributed by atoms with van der Waals surface area (Å²) in [6, 6.07) is 0.841. The van der Waals surface area contributed by atoms with Crippen LogP contribution in [0.15, 0.2) is 24.0 Å². The van der Waals surface area contributed by atoms with E-state index in [2.05, 4.69) is 14.5 Å². The number of nitrogens with two attached hydrogens (primary N) is 1. The second kappa shape index (κ2) is 5.16. The van der Waals surface area contributed by atoms with Crippen LogP contribution in [0.5, 0.6) is 0 Å². The molecule has 1 aliphatic carbocycles. The second-order valence-electron chi connectivity index (χ2n) is 4.22. The lowest BCUT2D eigenvalue weighted by Gasteiger charge is -2.13. The molecule has 2 atom stereocenters. The Balaban J connectivity index is 0.00000108. The van der Waals surface area contributed by atoms with Crippen molar-refractivity contribution in [2.24, 2.45) is 5.73 Å². The zero-order valence-corrected chi connectivity index (χ0v) is 11.0. The molecule has 3 rings (SSSR count). The lowest BCUT2D eigenvalue weighted by atomic mass is 10.2. The lowest BCUT2D eigenvalue weighted by Crippen LogP contribution is -2.16. The minimum absolute atomic E-state index is 0. The molecule has 1 aliphatic rings. The molecular weight excluding hydrogens is 256 g/mol. The van der Waals surface area contributed by atoms with Gasteiger partial charge in [0.05, 0.1) is 0 Å². The first-order valence-electron chi connectivity index (χ1n) is 5.53. The van der Waals surface area contributed by atoms with E-state index in [1.807, 2.05) is 24.0 Å². The highest BCUT2D eigenvalue weighted by Crippen LogP contribution is 2.32. The summed E-state index contributed by atoms with van der Waals surface area (Å²) in [4.78, 5) is 8.71. The molecule has 0 bridgehead atoms. The molecule has 1 fully saturated rings. The van der Waals surface area contributed by atoms with E-state index in [1.54, 1.807) is 11.3 Å². The van der Waals surface area contributed by atoms with Crippen LogP contribution >= 0.6 is 23.7 Å². The zero-order valence-electron chi connectivity index (χ0n) is 9.32. The van der Waals surface area contributed by atoms with Gasteiger partial charge >= 0.3 is 0 Å². The SMILES string of the molecule is Cl.N[C@H]1CC[C@@H](n2ccnc2-c2nccs2)C1. The number of nitrogens with zero attached hydrogens (tertiary/aromatic N) is 3. The van der Waals surface area contributed by atoms with E-state index < -0.39 is 0 Å². The minimum Gasteiger partial charge on any atom is -0.328 e. The molecule has 2 aromatic rings. The Kier molecular flexibility index (Phi) is 3.81. The molecule has 1 saturated carbocycles. The number of hydrogen-bond donors (Lipinski definition) is 1. The van der Waals surface area contributed by atoms with Crippen LogP contribution in [-0.2, 0) is 0 Å². The van der Waals surface area contributed by atoms with Crippen LogP contribution in [-0.4, -0.2) is 20.6 Å². The normalized spacial score (nSPS) is 23.6. The topological polar surface area (TPSA) is 56.7 Å². The number of aromatic nitrogens is 3. The quantitative estimate of drug-likeness (QED) is 0.912. The molecule has 0 radical (unpaired) electrons. The first-order valence-corrected chi connectivity index (χ1v) is 6.41. The van der Waals surface area contributed by atoms with Gasteiger partial charge in [-0.15, -0.1) is 23.7 Å². The van der Waals surface area contributed by atoms with E-state index in [1.165, 1.54) is 0 Å². The van der Waals surface area contributed by atoms with Crippen LogP contribution in [0.4, 0.5) is 0 Å². The number of imidazole rings is 1. The highest BCUT2D eigenvalue weighted by Gasteiger charge is 2.25. The first kappa shape index (κ1) is 12.5. The average molecular weight is 271 g/mol. The summed E-state index contributed by atoms with van der Waals surface area (Å²) in [5, 5.41) is 2.97. The van der Waals surface area contributed by atoms with Crippen molar-refractivity contribution in [1.29, 1.82) is 0 Å². The molecule has 2 N–H and O–H groups in total. The van der Waals surface area contributed by atoms with Gasteiger partial charge in [-0.1, -0.05) is 0 Å². The summed E-state index contributed by atoms with van der Waals surface area (Å²) >= 11 is 1.63. The van der Waals surface area contributed by atoms with Crippen molar-refractivity contribution in [1.82, 2.24) is 14.5 Å². The first-order chi connectivity index (χ1) is 7.84. The summed E-state index contributed by atoms with van der Waals surface area (Å²) in [5.74, 6) is 0.981. The second-order valence-corrected chi connectivity index (χ2v) is 5.12. The van der Waals surface area contributed by atoms with Gasteiger partial charge in [-0.25, -0.2) is 9.97 Å². The predicted octanol–water partition coefficient (Wildman–Crippen LogP) is 2.48. The Hall–Kier alpha value is -0.910. The third kappa shape index (κ3) is 2.36. The molecule has 2 aromatic heterocycles. The molecule has 0 aromatic carbocycles. The third-order valence-electron chi connectivity index (χ3n) is 3.13. The van der Waals surface area contributed by atoms with Crippen LogP contribution in [0.25, 0.3) is 10.8 Å². The molecule has 4 nitrogen and oxygen atoms in total. The molecule has 0 amide bonds. The highest BCUT2D eigenvalue weighted by molar-refractivity contribution is 7.13. The Morgan fingerprint density at radius 1 is 1.29 bits per heavy atom. The summed E-state index contributed by atoms with van der Waals surface area (Å²) in [5.41, 5.74) is 5.95. The van der Waals surface area contributed by atoms with E-state index in [-0.39, 0.29) is 12.4 Å². The Morgan fingerprint density at radius 3 is 2.82 bits per heavy atom. The number of rotatable bonds is 2. The molecule has 17 heavy (non-hydrogen) atoms. The molecule has 0 unspecified atom stereocenters. The van der Waals surface area contributed by atoms with Gasteiger partial charge in [-0.3, -0.25) is 0 Å². The molecule has 2 heterocycles. The Morgan fingerprint density at radius 2 is 2.18 bits per heavy atom. The summed E-state index contributed by atoms with van der Waals surface area (Å²) in [7, 11) is 0. The van der Waals surface area contributed by atoms with Gasteiger partial charge < -0.3 is 10.3 Å². The highest BCUT2D eigenvalue weighted by atomic mass is 35.5. The van der Waals surface area contributed by atoms with Gasteiger partial charge in [0, 0.05) is 36.1 Å². The molecule has 0 aliphatic heterocycles. The Labute approximate surface area is 110 Å². The molecular formula is C11H15ClN4S. The number of halogens is 1. The van der Waals surface area contributed by atoms with Crippen molar-refractivity contribution in [3.8, 4) is 10.8 Å². The van der Waals surface area contributed by atoms with Crippen LogP contribution in [0.1, 0.15) is 25.3 Å². The fraction of sp³-hybridized carbons (Fsp3) is 0.455. The third-order valence-corrected chi connectivity index (χ3v) is 3.90. The van der Waals surface area contributed by atoms with Gasteiger partial charge in [0.15, 0.2) is 10.8 Å². The maximum atomic E-state index is 5.95. The fourth-order valence-electron chi connectivity index (χ4n) is 2.35. The number of hydrogen-bond acceptors (Lipinski definition) is 4. The average Bonchev–Trinajstić information content (AvgIpc) is 2.96. The molecule has 92 valence electrons. The van der Waals surface area contributed by atoms with Crippen molar-refractivity contribution in [2.75, 3.05) is 0 Å². The molecule has 6 heteroatoms. The van der Waals surface area contributed by atoms with Crippen molar-refractivity contribution in [3.05, 3.63) is 24.0 Å². The van der Waals surface area contributed by atoms with Crippen LogP contribution in [0, 0.1) is 0 Å². The largest absolute Gasteiger partial charge is 0.328 e. The summed E-state index contributed by atoms with van der Waals surface area (Å²) in [6.07, 6.45) is 9.02. The van der Waals surface area contributed by atoms with E-state index in [0.717, 1.165) is 30.1 Å². The Bertz CT molecular complexity index is 468. The standard InChI is InChI=1S/C11H14N4S.ClH/c12-8-1-2-9(7-8)15-5-3-13-10(15)11-14-4-6-16-11;/h3-6,8-9H,1-2,7,12H2;1H/t8-,9+;/m0./s1. The summed E-state index contributed by atoms with van der Waals surface area (Å²) < 4.78 is 2.23. The van der Waals surface area contributed by atoms with Crippen LogP contribution in [0.2, 0.25) is 0 Å². The van der Waals surface area contributed by atoms with Crippen LogP contribution < -0.4 is 5.73 Å². The summed E-state index contributed by atoms with van der Waals surface area (Å²) in [6.45, 7) is 0. The fourth-order valence-corrected chi connectivity index (χ4v) is 2.99. The van der Waals surface area contributed by atoms with Crippen LogP contribution in [0.3, 0.4) is 0 Å². The zero-order chi connectivity index (χ0) is 11.0. The lowest BCUT2D eigenvalue weighted by molar-refractivity contribution is 0.514. The van der Waals surface area contributed by atoms with Crippen molar-refractivity contribution in [3.63, 3.8) is 0 Å². The van der Waals surface area contributed by atoms with E-state index >= 15 is 0 Å². The maximum absolute atomic E-state index is 5.95. The van der Waals surface area contributed by atoms with Crippen molar-refractivity contribution < 1.29 is 0 Å². The molecule has 0 spiro atoms. The van der Waals surface area contributed by atoms with E-state index in [4.69, 9.17) is 5.73 Å². The smallest absolute Gasteiger partial charge is 0.169 e. The minimum atomic E-state index is 0. The van der Waals surface area contributed by atoms with Gasteiger partial charge in [0.25, 0.3) is 0 Å². The molecule has 0 saturated heterocycles. The number of thiazole rings is 1. The van der Waals surface area contributed by atoms with Gasteiger partial charge in [-0.2, -0.15) is 0 Å².